The minimum absolute atomic E-state index is 0.00232. The molecule has 6 aromatic rings. The summed E-state index contributed by atoms with van der Waals surface area (Å²) in [5.41, 5.74) is 1.48. The van der Waals surface area contributed by atoms with Crippen LogP contribution in [0.5, 0.6) is 80.5 Å². The SMILES string of the molecule is Oc1cc(O)c2c(c1)OC(c1ccc(O)c(O)c1)C(O)C2Cc1c(O)cc(O)c2c1OC(c1ccc(O)c(O)c1)C(O)C2Cc1c(O)cc(O)c2c1CC(c1ccc(O)c(O)c1)C(O)C2. The van der Waals surface area contributed by atoms with Gasteiger partial charge in [0.2, 0.25) is 0 Å². The van der Waals surface area contributed by atoms with Gasteiger partial charge >= 0.3 is 0 Å². The molecule has 65 heavy (non-hydrogen) atoms. The van der Waals surface area contributed by atoms with Crippen LogP contribution in [0, 0.1) is 0 Å². The van der Waals surface area contributed by atoms with E-state index in [1.165, 1.54) is 42.5 Å². The summed E-state index contributed by atoms with van der Waals surface area (Å²) in [5, 5.41) is 165. The monoisotopic (exact) mass is 892 g/mol. The molecule has 0 saturated heterocycles. The van der Waals surface area contributed by atoms with Crippen molar-refractivity contribution in [3.05, 3.63) is 129 Å². The molecule has 17 nitrogen and oxygen atoms in total. The van der Waals surface area contributed by atoms with E-state index >= 15 is 0 Å². The van der Waals surface area contributed by atoms with E-state index in [9.17, 15) is 76.6 Å². The summed E-state index contributed by atoms with van der Waals surface area (Å²) in [5.74, 6) is -9.01. The van der Waals surface area contributed by atoms with Crippen molar-refractivity contribution in [2.24, 2.45) is 0 Å². The molecule has 17 heteroatoms. The van der Waals surface area contributed by atoms with Crippen molar-refractivity contribution in [3.63, 3.8) is 0 Å². The molecule has 3 aliphatic rings. The number of benzene rings is 6. The number of phenols is 12. The Hall–Kier alpha value is -7.60. The highest BCUT2D eigenvalue weighted by Gasteiger charge is 2.46. The Bertz CT molecular complexity index is 2880. The number of rotatable bonds is 7. The van der Waals surface area contributed by atoms with E-state index in [4.69, 9.17) is 9.47 Å². The average Bonchev–Trinajstić information content (AvgIpc) is 3.25. The topological polar surface area (TPSA) is 322 Å². The molecule has 0 bridgehead atoms. The van der Waals surface area contributed by atoms with Crippen LogP contribution in [-0.2, 0) is 25.7 Å². The van der Waals surface area contributed by atoms with Gasteiger partial charge in [-0.05, 0) is 83.5 Å². The number of aliphatic hydroxyl groups excluding tert-OH is 3. The first-order valence-corrected chi connectivity index (χ1v) is 20.5. The second-order valence-corrected chi connectivity index (χ2v) is 16.9. The molecule has 2 aliphatic heterocycles. The zero-order chi connectivity index (χ0) is 46.3. The van der Waals surface area contributed by atoms with Crippen LogP contribution in [0.15, 0.2) is 78.9 Å². The average molecular weight is 893 g/mol. The zero-order valence-electron chi connectivity index (χ0n) is 34.0. The van der Waals surface area contributed by atoms with E-state index in [1.807, 2.05) is 0 Å². The van der Waals surface area contributed by atoms with Crippen molar-refractivity contribution < 1.29 is 86.1 Å². The van der Waals surface area contributed by atoms with Gasteiger partial charge in [0.05, 0.1) is 6.10 Å². The Labute approximate surface area is 368 Å². The lowest BCUT2D eigenvalue weighted by Crippen LogP contribution is -2.38. The molecule has 0 saturated carbocycles. The van der Waals surface area contributed by atoms with Crippen LogP contribution in [0.25, 0.3) is 0 Å². The fraction of sp³-hybridized carbons (Fsp3) is 0.250. The highest BCUT2D eigenvalue weighted by Crippen LogP contribution is 2.57. The largest absolute Gasteiger partial charge is 0.508 e. The summed E-state index contributed by atoms with van der Waals surface area (Å²) in [7, 11) is 0. The number of aliphatic hydroxyl groups is 3. The quantitative estimate of drug-likeness (QED) is 0.0934. The Morgan fingerprint density at radius 3 is 1.51 bits per heavy atom. The van der Waals surface area contributed by atoms with Gasteiger partial charge < -0.3 is 86.1 Å². The normalized spacial score (nSPS) is 23.4. The first kappa shape index (κ1) is 42.7. The first-order chi connectivity index (χ1) is 30.9. The van der Waals surface area contributed by atoms with Crippen molar-refractivity contribution in [2.45, 2.75) is 74.0 Å². The molecule has 2 heterocycles. The van der Waals surface area contributed by atoms with Gasteiger partial charge in [0.25, 0.3) is 0 Å². The van der Waals surface area contributed by atoms with E-state index in [2.05, 4.69) is 0 Å². The van der Waals surface area contributed by atoms with E-state index in [0.29, 0.717) is 11.1 Å². The number of aromatic hydroxyl groups is 12. The zero-order valence-corrected chi connectivity index (χ0v) is 34.0. The summed E-state index contributed by atoms with van der Waals surface area (Å²) in [6.07, 6.45) is -7.79. The molecule has 8 unspecified atom stereocenters. The Kier molecular flexibility index (Phi) is 10.4. The lowest BCUT2D eigenvalue weighted by molar-refractivity contribution is -0.00683. The molecule has 6 aromatic carbocycles. The molecule has 15 N–H and O–H groups in total. The van der Waals surface area contributed by atoms with Crippen LogP contribution in [0.1, 0.15) is 80.0 Å². The van der Waals surface area contributed by atoms with Gasteiger partial charge in [-0.25, -0.2) is 0 Å². The fourth-order valence-corrected chi connectivity index (χ4v) is 9.78. The van der Waals surface area contributed by atoms with E-state index in [0.717, 1.165) is 36.4 Å². The molecule has 0 aromatic heterocycles. The third-order valence-corrected chi connectivity index (χ3v) is 13.0. The molecular formula is C48H44O17. The molecule has 0 spiro atoms. The molecule has 9 rings (SSSR count). The van der Waals surface area contributed by atoms with Crippen molar-refractivity contribution in [3.8, 4) is 80.5 Å². The molecule has 0 amide bonds. The van der Waals surface area contributed by atoms with Crippen LogP contribution < -0.4 is 9.47 Å². The maximum atomic E-state index is 12.4. The molecule has 1 aliphatic carbocycles. The van der Waals surface area contributed by atoms with Crippen molar-refractivity contribution in [1.82, 2.24) is 0 Å². The maximum absolute atomic E-state index is 12.4. The fourth-order valence-electron chi connectivity index (χ4n) is 9.78. The number of fused-ring (bicyclic) bond motifs is 3. The summed E-state index contributed by atoms with van der Waals surface area (Å²) in [6, 6.07) is 15.8. The Balaban J connectivity index is 1.19. The molecule has 0 fully saturated rings. The lowest BCUT2D eigenvalue weighted by Gasteiger charge is -2.41. The Morgan fingerprint density at radius 2 is 0.908 bits per heavy atom. The van der Waals surface area contributed by atoms with Crippen LogP contribution in [0.4, 0.5) is 0 Å². The second kappa shape index (κ2) is 15.9. The third-order valence-electron chi connectivity index (χ3n) is 13.0. The van der Waals surface area contributed by atoms with Gasteiger partial charge in [-0.3, -0.25) is 0 Å². The minimum Gasteiger partial charge on any atom is -0.508 e. The molecular weight excluding hydrogens is 849 g/mol. The van der Waals surface area contributed by atoms with Crippen LogP contribution in [0.3, 0.4) is 0 Å². The number of phenolic OH excluding ortho intramolecular Hbond substituents is 12. The Morgan fingerprint density at radius 1 is 0.415 bits per heavy atom. The molecule has 338 valence electrons. The van der Waals surface area contributed by atoms with Crippen LogP contribution in [0.2, 0.25) is 0 Å². The van der Waals surface area contributed by atoms with E-state index in [1.54, 1.807) is 0 Å². The van der Waals surface area contributed by atoms with Crippen LogP contribution >= 0.6 is 0 Å². The second-order valence-electron chi connectivity index (χ2n) is 16.9. The minimum atomic E-state index is -1.62. The predicted molar refractivity (Wildman–Crippen MR) is 226 cm³/mol. The van der Waals surface area contributed by atoms with Gasteiger partial charge in [0, 0.05) is 70.7 Å². The molecule has 8 atom stereocenters. The smallest absolute Gasteiger partial charge is 0.157 e. The van der Waals surface area contributed by atoms with Crippen molar-refractivity contribution >= 4 is 0 Å². The van der Waals surface area contributed by atoms with Crippen molar-refractivity contribution in [1.29, 1.82) is 0 Å². The maximum Gasteiger partial charge on any atom is 0.157 e. The highest BCUT2D eigenvalue weighted by molar-refractivity contribution is 5.63. The van der Waals surface area contributed by atoms with E-state index in [-0.39, 0.29) is 87.6 Å². The van der Waals surface area contributed by atoms with Crippen molar-refractivity contribution in [2.75, 3.05) is 0 Å². The first-order valence-electron chi connectivity index (χ1n) is 20.5. The lowest BCUT2D eigenvalue weighted by atomic mass is 9.72. The predicted octanol–water partition coefficient (Wildman–Crippen LogP) is 5.04. The van der Waals surface area contributed by atoms with Gasteiger partial charge in [0.1, 0.15) is 58.2 Å². The summed E-state index contributed by atoms with van der Waals surface area (Å²) < 4.78 is 12.6. The summed E-state index contributed by atoms with van der Waals surface area (Å²) >= 11 is 0. The molecule has 0 radical (unpaired) electrons. The number of ether oxygens (including phenoxy) is 2. The standard InChI is InChI=1S/C48H44O17/c49-21-10-39(60)42-27(44(62)46(64-41(42)11-21)19-2-5-30(51)37(58)8-19)14-26-35(56)17-40(61)43-28(45(63)47(65-48(26)43)20-3-6-31(52)38(59)9-20)13-24-23-12-22(18-1-4-29(50)36(57)7-18)32(53)15-25(23)34(55)16-33(24)54/h1-11,16-17,22,27-28,32,44-47,49-63H,12-15H2. The van der Waals surface area contributed by atoms with Gasteiger partial charge in [0.15, 0.2) is 46.7 Å². The van der Waals surface area contributed by atoms with Crippen LogP contribution in [-0.4, -0.2) is 94.9 Å². The highest BCUT2D eigenvalue weighted by atomic mass is 16.5. The number of hydrogen-bond donors (Lipinski definition) is 15. The van der Waals surface area contributed by atoms with E-state index < -0.39 is 106 Å². The van der Waals surface area contributed by atoms with Gasteiger partial charge in [-0.1, -0.05) is 18.2 Å². The van der Waals surface area contributed by atoms with Gasteiger partial charge in [-0.15, -0.1) is 0 Å². The summed E-state index contributed by atoms with van der Waals surface area (Å²) in [4.78, 5) is 0. The third kappa shape index (κ3) is 7.28. The number of hydrogen-bond acceptors (Lipinski definition) is 17. The summed E-state index contributed by atoms with van der Waals surface area (Å²) in [6.45, 7) is 0. The van der Waals surface area contributed by atoms with Gasteiger partial charge in [-0.2, -0.15) is 0 Å².